The average Bonchev–Trinajstić information content (AvgIpc) is 3.16. The minimum absolute atomic E-state index is 0.250. The van der Waals surface area contributed by atoms with Gasteiger partial charge in [0, 0.05) is 26.1 Å². The molecule has 5 nitrogen and oxygen atoms in total. The number of hydrogen-bond acceptors (Lipinski definition) is 4. The third-order valence-corrected chi connectivity index (χ3v) is 4.56. The van der Waals surface area contributed by atoms with Crippen molar-refractivity contribution in [3.63, 3.8) is 0 Å². The Hall–Kier alpha value is -2.87. The van der Waals surface area contributed by atoms with E-state index in [4.69, 9.17) is 4.42 Å². The lowest BCUT2D eigenvalue weighted by Crippen LogP contribution is -2.35. The molecule has 27 heavy (non-hydrogen) atoms. The van der Waals surface area contributed by atoms with Crippen molar-refractivity contribution in [2.45, 2.75) is 25.7 Å². The minimum Gasteiger partial charge on any atom is -0.461 e. The van der Waals surface area contributed by atoms with Gasteiger partial charge in [0.1, 0.15) is 0 Å². The van der Waals surface area contributed by atoms with Crippen LogP contribution in [0, 0.1) is 0 Å². The second-order valence-corrected chi connectivity index (χ2v) is 6.48. The molecule has 0 aliphatic carbocycles. The van der Waals surface area contributed by atoms with E-state index < -0.39 is 11.7 Å². The summed E-state index contributed by atoms with van der Waals surface area (Å²) in [6.45, 7) is 1.28. The van der Waals surface area contributed by atoms with E-state index >= 15 is 0 Å². The van der Waals surface area contributed by atoms with Gasteiger partial charge in [-0.15, -0.1) is 0 Å². The van der Waals surface area contributed by atoms with E-state index in [1.54, 1.807) is 18.2 Å². The van der Waals surface area contributed by atoms with Gasteiger partial charge < -0.3 is 9.40 Å². The molecule has 0 saturated heterocycles. The van der Waals surface area contributed by atoms with Crippen LogP contribution in [0.4, 0.5) is 13.2 Å². The maximum atomic E-state index is 12.9. The van der Waals surface area contributed by atoms with Crippen molar-refractivity contribution in [3.8, 4) is 11.6 Å². The quantitative estimate of drug-likeness (QED) is 0.760. The largest absolute Gasteiger partial charge is 0.461 e. The first-order valence-corrected chi connectivity index (χ1v) is 8.44. The first kappa shape index (κ1) is 17.5. The van der Waals surface area contributed by atoms with Crippen molar-refractivity contribution in [1.82, 2.24) is 14.9 Å². The number of nitrogens with one attached hydrogen (secondary N) is 1. The van der Waals surface area contributed by atoms with Crippen LogP contribution in [-0.4, -0.2) is 21.4 Å². The van der Waals surface area contributed by atoms with Gasteiger partial charge in [-0.2, -0.15) is 13.2 Å². The number of H-pyrrole nitrogens is 1. The number of aromatic amines is 1. The molecule has 3 heterocycles. The summed E-state index contributed by atoms with van der Waals surface area (Å²) in [6, 6.07) is 8.70. The number of alkyl halides is 3. The number of hydrogen-bond donors (Lipinski definition) is 1. The van der Waals surface area contributed by atoms with Crippen molar-refractivity contribution >= 4 is 0 Å². The molecule has 140 valence electrons. The fourth-order valence-electron chi connectivity index (χ4n) is 3.25. The van der Waals surface area contributed by atoms with Gasteiger partial charge in [-0.1, -0.05) is 18.2 Å². The van der Waals surface area contributed by atoms with Crippen LogP contribution in [0.1, 0.15) is 22.4 Å². The Morgan fingerprint density at radius 2 is 2.07 bits per heavy atom. The molecule has 0 bridgehead atoms. The molecule has 1 aromatic carbocycles. The summed E-state index contributed by atoms with van der Waals surface area (Å²) in [7, 11) is 0. The zero-order valence-corrected chi connectivity index (χ0v) is 14.2. The molecule has 0 amide bonds. The summed E-state index contributed by atoms with van der Waals surface area (Å²) in [5, 5.41) is 0. The van der Waals surface area contributed by atoms with E-state index in [1.807, 2.05) is 4.90 Å². The lowest BCUT2D eigenvalue weighted by molar-refractivity contribution is -0.137. The SMILES string of the molecule is O=c1[nH]c(-c2ccco2)nc2c1CN(Cc1cccc(C(F)(F)F)c1)CC2. The fourth-order valence-corrected chi connectivity index (χ4v) is 3.25. The molecule has 1 aliphatic rings. The summed E-state index contributed by atoms with van der Waals surface area (Å²) in [5.74, 6) is 0.872. The summed E-state index contributed by atoms with van der Waals surface area (Å²) in [4.78, 5) is 21.6. The second-order valence-electron chi connectivity index (χ2n) is 6.48. The van der Waals surface area contributed by atoms with Crippen LogP contribution >= 0.6 is 0 Å². The van der Waals surface area contributed by atoms with Crippen LogP contribution in [0.5, 0.6) is 0 Å². The van der Waals surface area contributed by atoms with Crippen molar-refractivity contribution in [1.29, 1.82) is 0 Å². The van der Waals surface area contributed by atoms with Crippen LogP contribution in [0.15, 0.2) is 51.9 Å². The molecule has 8 heteroatoms. The number of nitrogens with zero attached hydrogens (tertiary/aromatic N) is 2. The molecule has 2 aromatic heterocycles. The molecule has 3 aromatic rings. The Labute approximate surface area is 152 Å². The number of aromatic nitrogens is 2. The van der Waals surface area contributed by atoms with Crippen LogP contribution in [0.2, 0.25) is 0 Å². The molecular weight excluding hydrogens is 359 g/mol. The normalized spacial score (nSPS) is 14.9. The van der Waals surface area contributed by atoms with Gasteiger partial charge in [-0.25, -0.2) is 4.98 Å². The lowest BCUT2D eigenvalue weighted by atomic mass is 10.0. The minimum atomic E-state index is -4.37. The third-order valence-electron chi connectivity index (χ3n) is 4.56. The van der Waals surface area contributed by atoms with Gasteiger partial charge in [0.15, 0.2) is 11.6 Å². The highest BCUT2D eigenvalue weighted by atomic mass is 19.4. The smallest absolute Gasteiger partial charge is 0.416 e. The van der Waals surface area contributed by atoms with Crippen molar-refractivity contribution in [2.24, 2.45) is 0 Å². The van der Waals surface area contributed by atoms with Crippen LogP contribution < -0.4 is 5.56 Å². The molecule has 0 saturated carbocycles. The predicted octanol–water partition coefficient (Wildman–Crippen LogP) is 3.61. The number of halogens is 3. The molecule has 0 fully saturated rings. The van der Waals surface area contributed by atoms with Gasteiger partial charge in [-0.3, -0.25) is 9.69 Å². The summed E-state index contributed by atoms with van der Waals surface area (Å²) in [5.41, 5.74) is 0.888. The number of benzene rings is 1. The Kier molecular flexibility index (Phi) is 4.35. The maximum absolute atomic E-state index is 12.9. The highest BCUT2D eigenvalue weighted by molar-refractivity contribution is 5.47. The fraction of sp³-hybridized carbons (Fsp3) is 0.263. The van der Waals surface area contributed by atoms with E-state index in [9.17, 15) is 18.0 Å². The highest BCUT2D eigenvalue weighted by Gasteiger charge is 2.30. The summed E-state index contributed by atoms with van der Waals surface area (Å²) >= 11 is 0. The zero-order valence-electron chi connectivity index (χ0n) is 14.2. The average molecular weight is 375 g/mol. The molecule has 4 rings (SSSR count). The highest BCUT2D eigenvalue weighted by Crippen LogP contribution is 2.30. The van der Waals surface area contributed by atoms with Crippen LogP contribution in [0.25, 0.3) is 11.6 Å². The van der Waals surface area contributed by atoms with Crippen molar-refractivity contribution in [3.05, 3.63) is 75.4 Å². The second kappa shape index (κ2) is 6.70. The molecule has 1 N–H and O–H groups in total. The molecule has 1 aliphatic heterocycles. The third kappa shape index (κ3) is 3.66. The van der Waals surface area contributed by atoms with E-state index in [-0.39, 0.29) is 5.56 Å². The molecule has 0 spiro atoms. The van der Waals surface area contributed by atoms with E-state index in [2.05, 4.69) is 9.97 Å². The topological polar surface area (TPSA) is 62.1 Å². The molecular formula is C19H16F3N3O2. The van der Waals surface area contributed by atoms with Gasteiger partial charge >= 0.3 is 6.18 Å². The van der Waals surface area contributed by atoms with Crippen LogP contribution in [0.3, 0.4) is 0 Å². The Bertz CT molecular complexity index is 1010. The molecule has 0 unspecified atom stereocenters. The van der Waals surface area contributed by atoms with E-state index in [1.165, 1.54) is 12.3 Å². The lowest BCUT2D eigenvalue weighted by Gasteiger charge is -2.27. The van der Waals surface area contributed by atoms with Gasteiger partial charge in [-0.05, 0) is 23.8 Å². The summed E-state index contributed by atoms with van der Waals surface area (Å²) < 4.78 is 43.9. The predicted molar refractivity (Wildman–Crippen MR) is 91.8 cm³/mol. The number of furan rings is 1. The zero-order chi connectivity index (χ0) is 19.0. The van der Waals surface area contributed by atoms with Gasteiger partial charge in [0.2, 0.25) is 0 Å². The number of fused-ring (bicyclic) bond motifs is 1. The first-order valence-electron chi connectivity index (χ1n) is 8.44. The Balaban J connectivity index is 1.55. The van der Waals surface area contributed by atoms with Crippen molar-refractivity contribution < 1.29 is 17.6 Å². The molecule has 0 radical (unpaired) electrons. The Morgan fingerprint density at radius 3 is 2.81 bits per heavy atom. The summed E-state index contributed by atoms with van der Waals surface area (Å²) in [6.07, 6.45) is -2.31. The van der Waals surface area contributed by atoms with Gasteiger partial charge in [0.05, 0.1) is 23.1 Å². The first-order chi connectivity index (χ1) is 12.9. The van der Waals surface area contributed by atoms with Crippen molar-refractivity contribution in [2.75, 3.05) is 6.54 Å². The Morgan fingerprint density at radius 1 is 1.22 bits per heavy atom. The van der Waals surface area contributed by atoms with Crippen LogP contribution in [-0.2, 0) is 25.7 Å². The molecule has 0 atom stereocenters. The van der Waals surface area contributed by atoms with E-state index in [0.29, 0.717) is 54.5 Å². The monoisotopic (exact) mass is 375 g/mol. The van der Waals surface area contributed by atoms with Gasteiger partial charge in [0.25, 0.3) is 5.56 Å². The standard InChI is InChI=1S/C19H16F3N3O2/c20-19(21,22)13-4-1-3-12(9-13)10-25-7-6-15-14(11-25)18(26)24-17(23-15)16-5-2-8-27-16/h1-5,8-9H,6-7,10-11H2,(H,23,24,26). The number of rotatable bonds is 3. The maximum Gasteiger partial charge on any atom is 0.416 e. The van der Waals surface area contributed by atoms with E-state index in [0.717, 1.165) is 12.1 Å².